The van der Waals surface area contributed by atoms with Gasteiger partial charge in [0, 0.05) is 12.3 Å². The second kappa shape index (κ2) is 9.41. The van der Waals surface area contributed by atoms with Gasteiger partial charge in [0.2, 0.25) is 11.8 Å². The molecule has 0 aromatic heterocycles. The molecular weight excluding hydrogens is 286 g/mol. The van der Waals surface area contributed by atoms with E-state index < -0.39 is 12.1 Å². The standard InChI is InChI=1S/C15H23N3O2S/c1-2-3-9-17-14(19)12(10-21)18-15(20)13(16)11-7-5-4-6-8-11/h4-8,12-13,21H,2-3,9-10,16H2,1H3,(H,17,19)(H,18,20)/t12-,13+/m0/s1. The SMILES string of the molecule is CCCCNC(=O)[C@H](CS)NC(=O)[C@H](N)c1ccccc1. The summed E-state index contributed by atoms with van der Waals surface area (Å²) in [5.41, 5.74) is 6.60. The van der Waals surface area contributed by atoms with Crippen LogP contribution in [0.25, 0.3) is 0 Å². The van der Waals surface area contributed by atoms with Crippen LogP contribution in [0.15, 0.2) is 30.3 Å². The van der Waals surface area contributed by atoms with Crippen LogP contribution in [0, 0.1) is 0 Å². The molecule has 1 aromatic carbocycles. The number of carbonyl (C=O) groups is 2. The van der Waals surface area contributed by atoms with E-state index in [9.17, 15) is 9.59 Å². The van der Waals surface area contributed by atoms with E-state index in [1.54, 1.807) is 12.1 Å². The number of nitrogens with one attached hydrogen (secondary N) is 2. The van der Waals surface area contributed by atoms with Crippen molar-refractivity contribution in [2.75, 3.05) is 12.3 Å². The van der Waals surface area contributed by atoms with Crippen LogP contribution in [-0.4, -0.2) is 30.2 Å². The Balaban J connectivity index is 2.56. The van der Waals surface area contributed by atoms with Crippen molar-refractivity contribution in [2.45, 2.75) is 31.8 Å². The molecule has 1 aromatic rings. The fourth-order valence-electron chi connectivity index (χ4n) is 1.78. The van der Waals surface area contributed by atoms with Crippen LogP contribution in [0.5, 0.6) is 0 Å². The fourth-order valence-corrected chi connectivity index (χ4v) is 2.04. The number of nitrogens with two attached hydrogens (primary N) is 1. The topological polar surface area (TPSA) is 84.2 Å². The van der Waals surface area contributed by atoms with Gasteiger partial charge in [-0.2, -0.15) is 12.6 Å². The third-order valence-electron chi connectivity index (χ3n) is 3.09. The number of carbonyl (C=O) groups excluding carboxylic acids is 2. The van der Waals surface area contributed by atoms with E-state index in [0.29, 0.717) is 12.1 Å². The first-order valence-electron chi connectivity index (χ1n) is 7.09. The summed E-state index contributed by atoms with van der Waals surface area (Å²) in [6, 6.07) is 7.57. The zero-order valence-corrected chi connectivity index (χ0v) is 13.1. The van der Waals surface area contributed by atoms with Crippen LogP contribution in [0.4, 0.5) is 0 Å². The number of unbranched alkanes of at least 4 members (excludes halogenated alkanes) is 1. The minimum Gasteiger partial charge on any atom is -0.354 e. The summed E-state index contributed by atoms with van der Waals surface area (Å²) in [5, 5.41) is 5.41. The van der Waals surface area contributed by atoms with Gasteiger partial charge in [0.05, 0.1) is 0 Å². The quantitative estimate of drug-likeness (QED) is 0.427. The van der Waals surface area contributed by atoms with E-state index in [-0.39, 0.29) is 17.6 Å². The van der Waals surface area contributed by atoms with Gasteiger partial charge in [-0.1, -0.05) is 43.7 Å². The predicted octanol–water partition coefficient (Wildman–Crippen LogP) is 1.02. The summed E-state index contributed by atoms with van der Waals surface area (Å²) in [6.07, 6.45) is 1.90. The largest absolute Gasteiger partial charge is 0.354 e. The smallest absolute Gasteiger partial charge is 0.243 e. The Kier molecular flexibility index (Phi) is 7.85. The van der Waals surface area contributed by atoms with Crippen LogP contribution in [0.3, 0.4) is 0 Å². The molecule has 4 N–H and O–H groups in total. The normalized spacial score (nSPS) is 13.3. The number of hydrogen-bond acceptors (Lipinski definition) is 4. The summed E-state index contributed by atoms with van der Waals surface area (Å²) in [5.74, 6) is -0.386. The van der Waals surface area contributed by atoms with E-state index in [4.69, 9.17) is 5.73 Å². The van der Waals surface area contributed by atoms with Crippen LogP contribution in [0.2, 0.25) is 0 Å². The van der Waals surface area contributed by atoms with Crippen LogP contribution >= 0.6 is 12.6 Å². The molecule has 0 heterocycles. The third kappa shape index (κ3) is 5.77. The van der Waals surface area contributed by atoms with Crippen molar-refractivity contribution in [3.05, 3.63) is 35.9 Å². The third-order valence-corrected chi connectivity index (χ3v) is 3.45. The fraction of sp³-hybridized carbons (Fsp3) is 0.467. The first kappa shape index (κ1) is 17.5. The molecule has 0 aliphatic rings. The second-order valence-corrected chi connectivity index (χ2v) is 5.14. The van der Waals surface area contributed by atoms with Gasteiger partial charge in [-0.05, 0) is 12.0 Å². The molecule has 0 fully saturated rings. The highest BCUT2D eigenvalue weighted by atomic mass is 32.1. The predicted molar refractivity (Wildman–Crippen MR) is 87.1 cm³/mol. The number of amides is 2. The van der Waals surface area contributed by atoms with E-state index in [1.807, 2.05) is 25.1 Å². The van der Waals surface area contributed by atoms with Gasteiger partial charge in [-0.25, -0.2) is 0 Å². The van der Waals surface area contributed by atoms with E-state index >= 15 is 0 Å². The zero-order chi connectivity index (χ0) is 15.7. The van der Waals surface area contributed by atoms with E-state index in [1.165, 1.54) is 0 Å². The van der Waals surface area contributed by atoms with Crippen molar-refractivity contribution in [1.29, 1.82) is 0 Å². The maximum atomic E-state index is 12.1. The number of rotatable bonds is 8. The first-order chi connectivity index (χ1) is 10.1. The highest BCUT2D eigenvalue weighted by Gasteiger charge is 2.23. The molecular formula is C15H23N3O2S. The molecule has 5 nitrogen and oxygen atoms in total. The van der Waals surface area contributed by atoms with Crippen LogP contribution in [0.1, 0.15) is 31.4 Å². The van der Waals surface area contributed by atoms with Gasteiger partial charge in [-0.15, -0.1) is 0 Å². The molecule has 116 valence electrons. The lowest BCUT2D eigenvalue weighted by molar-refractivity contribution is -0.129. The maximum Gasteiger partial charge on any atom is 0.243 e. The average molecular weight is 309 g/mol. The number of benzene rings is 1. The highest BCUT2D eigenvalue weighted by Crippen LogP contribution is 2.09. The van der Waals surface area contributed by atoms with Gasteiger partial charge < -0.3 is 16.4 Å². The minimum absolute atomic E-state index is 0.227. The van der Waals surface area contributed by atoms with Crippen molar-refractivity contribution >= 4 is 24.4 Å². The van der Waals surface area contributed by atoms with Gasteiger partial charge in [0.15, 0.2) is 0 Å². The lowest BCUT2D eigenvalue weighted by Gasteiger charge is -2.19. The van der Waals surface area contributed by atoms with Crippen LogP contribution in [-0.2, 0) is 9.59 Å². The molecule has 2 amide bonds. The summed E-state index contributed by atoms with van der Waals surface area (Å²) in [7, 11) is 0. The van der Waals surface area contributed by atoms with Gasteiger partial charge in [0.1, 0.15) is 12.1 Å². The van der Waals surface area contributed by atoms with Crippen molar-refractivity contribution < 1.29 is 9.59 Å². The molecule has 6 heteroatoms. The molecule has 0 radical (unpaired) electrons. The lowest BCUT2D eigenvalue weighted by atomic mass is 10.1. The van der Waals surface area contributed by atoms with Crippen LogP contribution < -0.4 is 16.4 Å². The molecule has 0 aliphatic carbocycles. The lowest BCUT2D eigenvalue weighted by Crippen LogP contribution is -2.50. The van der Waals surface area contributed by atoms with Gasteiger partial charge >= 0.3 is 0 Å². The molecule has 0 aliphatic heterocycles. The van der Waals surface area contributed by atoms with Crippen molar-refractivity contribution in [3.8, 4) is 0 Å². The van der Waals surface area contributed by atoms with Crippen molar-refractivity contribution in [1.82, 2.24) is 10.6 Å². The monoisotopic (exact) mass is 309 g/mol. The maximum absolute atomic E-state index is 12.1. The van der Waals surface area contributed by atoms with E-state index in [2.05, 4.69) is 23.3 Å². The molecule has 0 saturated carbocycles. The molecule has 1 rings (SSSR count). The van der Waals surface area contributed by atoms with Gasteiger partial charge in [0.25, 0.3) is 0 Å². The molecule has 0 bridgehead atoms. The Morgan fingerprint density at radius 2 is 1.90 bits per heavy atom. The second-order valence-electron chi connectivity index (χ2n) is 4.78. The molecule has 0 spiro atoms. The summed E-state index contributed by atoms with van der Waals surface area (Å²) in [4.78, 5) is 24.0. The summed E-state index contributed by atoms with van der Waals surface area (Å²) in [6.45, 7) is 2.64. The molecule has 0 saturated heterocycles. The Morgan fingerprint density at radius 3 is 2.48 bits per heavy atom. The minimum atomic E-state index is -0.794. The Labute approximate surface area is 131 Å². The molecule has 21 heavy (non-hydrogen) atoms. The van der Waals surface area contributed by atoms with E-state index in [0.717, 1.165) is 12.8 Å². The summed E-state index contributed by atoms with van der Waals surface area (Å²) >= 11 is 4.11. The molecule has 2 atom stereocenters. The zero-order valence-electron chi connectivity index (χ0n) is 12.2. The van der Waals surface area contributed by atoms with Crippen molar-refractivity contribution in [3.63, 3.8) is 0 Å². The van der Waals surface area contributed by atoms with Crippen molar-refractivity contribution in [2.24, 2.45) is 5.73 Å². The Hall–Kier alpha value is -1.53. The number of hydrogen-bond donors (Lipinski definition) is 4. The first-order valence-corrected chi connectivity index (χ1v) is 7.72. The molecule has 0 unspecified atom stereocenters. The number of thiol groups is 1. The average Bonchev–Trinajstić information content (AvgIpc) is 2.52. The Morgan fingerprint density at radius 1 is 1.24 bits per heavy atom. The van der Waals surface area contributed by atoms with Gasteiger partial charge in [-0.3, -0.25) is 9.59 Å². The Bertz CT molecular complexity index is 453. The summed E-state index contributed by atoms with van der Waals surface area (Å²) < 4.78 is 0. The highest BCUT2D eigenvalue weighted by molar-refractivity contribution is 7.80.